The van der Waals surface area contributed by atoms with Crippen molar-refractivity contribution in [3.8, 4) is 11.4 Å². The second kappa shape index (κ2) is 6.44. The van der Waals surface area contributed by atoms with E-state index in [9.17, 15) is 4.39 Å². The van der Waals surface area contributed by atoms with Crippen LogP contribution < -0.4 is 5.32 Å². The van der Waals surface area contributed by atoms with Gasteiger partial charge in [0.1, 0.15) is 5.82 Å². The van der Waals surface area contributed by atoms with Crippen LogP contribution in [0.5, 0.6) is 0 Å². The van der Waals surface area contributed by atoms with Gasteiger partial charge < -0.3 is 9.84 Å². The molecule has 5 rings (SSSR count). The van der Waals surface area contributed by atoms with Crippen molar-refractivity contribution in [3.63, 3.8) is 0 Å². The topological polar surface area (TPSA) is 82.9 Å². The van der Waals surface area contributed by atoms with E-state index in [2.05, 4.69) is 30.6 Å². The summed E-state index contributed by atoms with van der Waals surface area (Å²) in [5.41, 5.74) is 1.10. The molecule has 0 spiro atoms. The van der Waals surface area contributed by atoms with Crippen molar-refractivity contribution < 1.29 is 8.91 Å². The molecule has 0 aliphatic carbocycles. The Labute approximate surface area is 150 Å². The number of hydrogen-bond donors (Lipinski definition) is 2. The molecule has 2 aliphatic heterocycles. The molecule has 1 aromatic carbocycles. The summed E-state index contributed by atoms with van der Waals surface area (Å²) in [5.74, 6) is 0.757. The highest BCUT2D eigenvalue weighted by molar-refractivity contribution is 5.92. The maximum absolute atomic E-state index is 14.4. The van der Waals surface area contributed by atoms with Gasteiger partial charge in [0.15, 0.2) is 0 Å². The molecule has 0 radical (unpaired) electrons. The number of likely N-dealkylation sites (tertiary alicyclic amines) is 1. The minimum absolute atomic E-state index is 0.220. The first-order chi connectivity index (χ1) is 12.8. The molecule has 1 unspecified atom stereocenters. The van der Waals surface area contributed by atoms with Gasteiger partial charge in [-0.3, -0.25) is 10.00 Å². The second-order valence-corrected chi connectivity index (χ2v) is 7.17. The number of aromatic nitrogens is 4. The van der Waals surface area contributed by atoms with Crippen molar-refractivity contribution in [2.75, 3.05) is 26.2 Å². The highest BCUT2D eigenvalue weighted by Gasteiger charge is 2.33. The van der Waals surface area contributed by atoms with Crippen molar-refractivity contribution in [1.82, 2.24) is 30.6 Å². The Morgan fingerprint density at radius 3 is 2.96 bits per heavy atom. The molecule has 4 heterocycles. The van der Waals surface area contributed by atoms with Crippen molar-refractivity contribution in [2.24, 2.45) is 0 Å². The lowest BCUT2D eigenvalue weighted by atomic mass is 10.1. The van der Waals surface area contributed by atoms with Gasteiger partial charge in [0.2, 0.25) is 11.7 Å². The SMILES string of the molecule is Fc1ccc2[nH]ncc2c1-c1noc(C2CCN(C3CCNCC3)C2)n1. The first kappa shape index (κ1) is 15.9. The summed E-state index contributed by atoms with van der Waals surface area (Å²) in [5, 5.41) is 15.0. The fourth-order valence-corrected chi connectivity index (χ4v) is 4.21. The summed E-state index contributed by atoms with van der Waals surface area (Å²) in [6.07, 6.45) is 4.98. The molecule has 2 saturated heterocycles. The number of benzene rings is 1. The number of hydrogen-bond acceptors (Lipinski definition) is 6. The molecule has 7 nitrogen and oxygen atoms in total. The minimum Gasteiger partial charge on any atom is -0.339 e. The Morgan fingerprint density at radius 2 is 2.08 bits per heavy atom. The smallest absolute Gasteiger partial charge is 0.231 e. The van der Waals surface area contributed by atoms with E-state index in [1.165, 1.54) is 18.9 Å². The van der Waals surface area contributed by atoms with Gasteiger partial charge in [0, 0.05) is 18.0 Å². The Bertz CT molecular complexity index is 915. The molecule has 0 saturated carbocycles. The minimum atomic E-state index is -0.367. The third kappa shape index (κ3) is 2.69. The van der Waals surface area contributed by atoms with E-state index < -0.39 is 0 Å². The molecule has 2 N–H and O–H groups in total. The van der Waals surface area contributed by atoms with Crippen LogP contribution in [0.4, 0.5) is 4.39 Å². The molecule has 8 heteroatoms. The maximum atomic E-state index is 14.4. The van der Waals surface area contributed by atoms with Gasteiger partial charge in [-0.25, -0.2) is 4.39 Å². The van der Waals surface area contributed by atoms with Crippen molar-refractivity contribution >= 4 is 10.9 Å². The van der Waals surface area contributed by atoms with Gasteiger partial charge in [-0.1, -0.05) is 5.16 Å². The Hall–Kier alpha value is -2.32. The molecule has 0 bridgehead atoms. The number of aromatic amines is 1. The molecule has 2 aliphatic rings. The maximum Gasteiger partial charge on any atom is 0.231 e. The number of piperidine rings is 1. The summed E-state index contributed by atoms with van der Waals surface area (Å²) in [6.45, 7) is 4.17. The number of H-pyrrole nitrogens is 1. The zero-order valence-electron chi connectivity index (χ0n) is 14.4. The average Bonchev–Trinajstić information content (AvgIpc) is 3.42. The Kier molecular flexibility index (Phi) is 3.94. The second-order valence-electron chi connectivity index (χ2n) is 7.17. The zero-order valence-corrected chi connectivity index (χ0v) is 14.4. The van der Waals surface area contributed by atoms with Gasteiger partial charge in [0.05, 0.1) is 23.2 Å². The van der Waals surface area contributed by atoms with E-state index in [0.717, 1.165) is 38.1 Å². The monoisotopic (exact) mass is 356 g/mol. The van der Waals surface area contributed by atoms with Crippen LogP contribution in [0.15, 0.2) is 22.9 Å². The highest BCUT2D eigenvalue weighted by atomic mass is 19.1. The number of rotatable bonds is 3. The summed E-state index contributed by atoms with van der Waals surface area (Å²) in [7, 11) is 0. The van der Waals surface area contributed by atoms with E-state index >= 15 is 0 Å². The summed E-state index contributed by atoms with van der Waals surface area (Å²) >= 11 is 0. The van der Waals surface area contributed by atoms with Crippen LogP contribution >= 0.6 is 0 Å². The average molecular weight is 356 g/mol. The van der Waals surface area contributed by atoms with E-state index in [4.69, 9.17) is 4.52 Å². The molecule has 2 fully saturated rings. The molecular formula is C18H21FN6O. The summed E-state index contributed by atoms with van der Waals surface area (Å²) < 4.78 is 19.9. The molecule has 136 valence electrons. The number of fused-ring (bicyclic) bond motifs is 1. The lowest BCUT2D eigenvalue weighted by Crippen LogP contribution is -2.41. The van der Waals surface area contributed by atoms with Gasteiger partial charge >= 0.3 is 0 Å². The Balaban J connectivity index is 1.39. The molecule has 3 aromatic rings. The van der Waals surface area contributed by atoms with Crippen LogP contribution in [0, 0.1) is 5.82 Å². The quantitative estimate of drug-likeness (QED) is 0.749. The highest BCUT2D eigenvalue weighted by Crippen LogP contribution is 2.33. The first-order valence-electron chi connectivity index (χ1n) is 9.20. The standard InChI is InChI=1S/C18H21FN6O/c19-14-1-2-15-13(9-21-23-15)16(14)17-22-18(26-24-17)11-5-8-25(10-11)12-3-6-20-7-4-12/h1-2,9,11-12,20H,3-8,10H2,(H,21,23). The van der Waals surface area contributed by atoms with Crippen molar-refractivity contribution in [1.29, 1.82) is 0 Å². The predicted octanol–water partition coefficient (Wildman–Crippen LogP) is 2.29. The van der Waals surface area contributed by atoms with E-state index in [1.54, 1.807) is 12.3 Å². The van der Waals surface area contributed by atoms with Gasteiger partial charge in [-0.05, 0) is 51.0 Å². The van der Waals surface area contributed by atoms with Crippen LogP contribution in [0.2, 0.25) is 0 Å². The van der Waals surface area contributed by atoms with Crippen molar-refractivity contribution in [2.45, 2.75) is 31.2 Å². The fourth-order valence-electron chi connectivity index (χ4n) is 4.21. The number of nitrogens with zero attached hydrogens (tertiary/aromatic N) is 4. The largest absolute Gasteiger partial charge is 0.339 e. The normalized spacial score (nSPS) is 22.4. The summed E-state index contributed by atoms with van der Waals surface area (Å²) in [6, 6.07) is 3.71. The Morgan fingerprint density at radius 1 is 1.19 bits per heavy atom. The first-order valence-corrected chi connectivity index (χ1v) is 9.20. The summed E-state index contributed by atoms with van der Waals surface area (Å²) in [4.78, 5) is 7.07. The third-order valence-corrected chi connectivity index (χ3v) is 5.63. The van der Waals surface area contributed by atoms with Crippen LogP contribution in [0.25, 0.3) is 22.3 Å². The van der Waals surface area contributed by atoms with Gasteiger partial charge in [-0.2, -0.15) is 10.1 Å². The molecule has 1 atom stereocenters. The molecule has 26 heavy (non-hydrogen) atoms. The molecule has 2 aromatic heterocycles. The fraction of sp³-hybridized carbons (Fsp3) is 0.500. The molecular weight excluding hydrogens is 335 g/mol. The van der Waals surface area contributed by atoms with Gasteiger partial charge in [-0.15, -0.1) is 0 Å². The lowest BCUT2D eigenvalue weighted by molar-refractivity contribution is 0.194. The zero-order chi connectivity index (χ0) is 17.5. The van der Waals surface area contributed by atoms with Crippen LogP contribution in [-0.4, -0.2) is 57.5 Å². The lowest BCUT2D eigenvalue weighted by Gasteiger charge is -2.31. The van der Waals surface area contributed by atoms with Gasteiger partial charge in [0.25, 0.3) is 0 Å². The number of nitrogens with one attached hydrogen (secondary N) is 2. The van der Waals surface area contributed by atoms with Crippen LogP contribution in [0.1, 0.15) is 31.1 Å². The van der Waals surface area contributed by atoms with Crippen LogP contribution in [0.3, 0.4) is 0 Å². The van der Waals surface area contributed by atoms with Crippen LogP contribution in [-0.2, 0) is 0 Å². The van der Waals surface area contributed by atoms with E-state index in [-0.39, 0.29) is 11.7 Å². The molecule has 0 amide bonds. The number of halogens is 1. The van der Waals surface area contributed by atoms with E-state index in [1.807, 2.05) is 0 Å². The van der Waals surface area contributed by atoms with E-state index in [0.29, 0.717) is 28.7 Å². The predicted molar refractivity (Wildman–Crippen MR) is 94.2 cm³/mol. The van der Waals surface area contributed by atoms with Crippen molar-refractivity contribution in [3.05, 3.63) is 30.0 Å². The third-order valence-electron chi connectivity index (χ3n) is 5.63.